The molecule has 0 saturated heterocycles. The van der Waals surface area contributed by atoms with Gasteiger partial charge in [-0.25, -0.2) is 14.5 Å². The minimum Gasteiger partial charge on any atom is -0.334 e. The summed E-state index contributed by atoms with van der Waals surface area (Å²) in [5.41, 5.74) is 2.77. The summed E-state index contributed by atoms with van der Waals surface area (Å²) in [7, 11) is 0. The molecule has 2 atom stereocenters. The quantitative estimate of drug-likeness (QED) is 0.764. The van der Waals surface area contributed by atoms with Gasteiger partial charge in [-0.15, -0.1) is 0 Å². The molecular weight excluding hydrogens is 314 g/mol. The van der Waals surface area contributed by atoms with E-state index in [1.807, 2.05) is 28.9 Å². The lowest BCUT2D eigenvalue weighted by Crippen LogP contribution is -2.31. The second-order valence-corrected chi connectivity index (χ2v) is 6.78. The van der Waals surface area contributed by atoms with Gasteiger partial charge in [0.05, 0.1) is 18.1 Å². The molecule has 2 amide bonds. The Morgan fingerprint density at radius 2 is 2.04 bits per heavy atom. The third-order valence-corrected chi connectivity index (χ3v) is 4.52. The van der Waals surface area contributed by atoms with E-state index in [2.05, 4.69) is 46.7 Å². The third kappa shape index (κ3) is 3.20. The lowest BCUT2D eigenvalue weighted by Gasteiger charge is -2.09. The zero-order valence-corrected chi connectivity index (χ0v) is 14.3. The Balaban J connectivity index is 1.39. The maximum Gasteiger partial charge on any atom is 0.319 e. The molecule has 4 rings (SSSR count). The van der Waals surface area contributed by atoms with E-state index in [1.165, 1.54) is 5.56 Å². The van der Waals surface area contributed by atoms with Gasteiger partial charge in [0.25, 0.3) is 0 Å². The fourth-order valence-corrected chi connectivity index (χ4v) is 3.15. The molecule has 2 aromatic heterocycles. The van der Waals surface area contributed by atoms with Gasteiger partial charge >= 0.3 is 6.03 Å². The first kappa shape index (κ1) is 15.6. The van der Waals surface area contributed by atoms with E-state index in [0.717, 1.165) is 17.5 Å². The highest BCUT2D eigenvalue weighted by Gasteiger charge is 2.39. The van der Waals surface area contributed by atoms with Crippen LogP contribution in [0.15, 0.2) is 48.8 Å². The minimum atomic E-state index is -0.194. The third-order valence-electron chi connectivity index (χ3n) is 4.52. The fraction of sp³-hybridized carbons (Fsp3) is 0.316. The molecule has 3 aromatic rings. The summed E-state index contributed by atoms with van der Waals surface area (Å²) in [5, 5.41) is 11.1. The number of carbonyl (C=O) groups excluding carboxylic acids is 1. The Morgan fingerprint density at radius 3 is 2.80 bits per heavy atom. The summed E-state index contributed by atoms with van der Waals surface area (Å²) in [6.45, 7) is 4.12. The summed E-state index contributed by atoms with van der Waals surface area (Å²) in [4.78, 5) is 16.6. The second kappa shape index (κ2) is 6.20. The van der Waals surface area contributed by atoms with E-state index < -0.39 is 0 Å². The van der Waals surface area contributed by atoms with Crippen molar-refractivity contribution < 1.29 is 4.79 Å². The number of aromatic nitrogens is 3. The van der Waals surface area contributed by atoms with Crippen LogP contribution < -0.4 is 10.6 Å². The van der Waals surface area contributed by atoms with Crippen molar-refractivity contribution in [2.75, 3.05) is 5.32 Å². The van der Waals surface area contributed by atoms with Gasteiger partial charge in [-0.05, 0) is 31.9 Å². The molecular formula is C19H21N5O. The molecule has 2 heterocycles. The monoisotopic (exact) mass is 335 g/mol. The molecule has 0 aliphatic heterocycles. The van der Waals surface area contributed by atoms with E-state index in [9.17, 15) is 4.79 Å². The van der Waals surface area contributed by atoms with E-state index >= 15 is 0 Å². The molecule has 1 aliphatic rings. The Morgan fingerprint density at radius 1 is 1.24 bits per heavy atom. The molecule has 25 heavy (non-hydrogen) atoms. The van der Waals surface area contributed by atoms with Gasteiger partial charge in [0.15, 0.2) is 5.65 Å². The molecule has 1 fully saturated rings. The lowest BCUT2D eigenvalue weighted by atomic mass is 10.1. The number of fused-ring (bicyclic) bond motifs is 1. The number of hydrogen-bond acceptors (Lipinski definition) is 3. The molecule has 0 radical (unpaired) electrons. The predicted octanol–water partition coefficient (Wildman–Crippen LogP) is 3.69. The SMILES string of the molecule is CC(C)n1ncc2cc(NC(=O)N[C@@H]3C[C@@H]3c3ccccc3)cnc21. The van der Waals surface area contributed by atoms with Crippen LogP contribution in [0.1, 0.15) is 37.8 Å². The Hall–Kier alpha value is -2.89. The zero-order chi connectivity index (χ0) is 17.4. The Kier molecular flexibility index (Phi) is 3.87. The molecule has 1 aliphatic carbocycles. The van der Waals surface area contributed by atoms with Gasteiger partial charge in [0.2, 0.25) is 0 Å². The van der Waals surface area contributed by atoms with Crippen LogP contribution in [0, 0.1) is 0 Å². The maximum absolute atomic E-state index is 12.2. The molecule has 1 aromatic carbocycles. The summed E-state index contributed by atoms with van der Waals surface area (Å²) < 4.78 is 1.87. The van der Waals surface area contributed by atoms with Gasteiger partial charge in [-0.1, -0.05) is 30.3 Å². The number of benzene rings is 1. The zero-order valence-electron chi connectivity index (χ0n) is 14.3. The molecule has 0 unspecified atom stereocenters. The van der Waals surface area contributed by atoms with Crippen molar-refractivity contribution >= 4 is 22.8 Å². The number of nitrogens with zero attached hydrogens (tertiary/aromatic N) is 3. The topological polar surface area (TPSA) is 71.8 Å². The molecule has 6 nitrogen and oxygen atoms in total. The van der Waals surface area contributed by atoms with Crippen molar-refractivity contribution in [2.24, 2.45) is 0 Å². The standard InChI is InChI=1S/C19H21N5O/c1-12(2)24-18-14(10-21-24)8-15(11-20-18)22-19(25)23-17-9-16(17)13-6-4-3-5-7-13/h3-8,10-12,16-17H,9H2,1-2H3,(H2,22,23,25)/t16-,17-/m1/s1. The van der Waals surface area contributed by atoms with Crippen molar-refractivity contribution in [2.45, 2.75) is 38.3 Å². The number of nitrogens with one attached hydrogen (secondary N) is 2. The van der Waals surface area contributed by atoms with Crippen LogP contribution in [-0.2, 0) is 0 Å². The number of anilines is 1. The van der Waals surface area contributed by atoms with Crippen LogP contribution in [0.4, 0.5) is 10.5 Å². The number of hydrogen-bond donors (Lipinski definition) is 2. The van der Waals surface area contributed by atoms with Crippen LogP contribution in [0.3, 0.4) is 0 Å². The van der Waals surface area contributed by atoms with Crippen molar-refractivity contribution in [3.8, 4) is 0 Å². The molecule has 1 saturated carbocycles. The summed E-state index contributed by atoms with van der Waals surface area (Å²) >= 11 is 0. The van der Waals surface area contributed by atoms with Gasteiger partial charge in [0.1, 0.15) is 0 Å². The Bertz CT molecular complexity index is 903. The van der Waals surface area contributed by atoms with Crippen LogP contribution >= 0.6 is 0 Å². The molecule has 2 N–H and O–H groups in total. The normalized spacial score (nSPS) is 19.2. The first-order valence-electron chi connectivity index (χ1n) is 8.57. The van der Waals surface area contributed by atoms with E-state index in [-0.39, 0.29) is 18.1 Å². The first-order valence-corrected chi connectivity index (χ1v) is 8.57. The fourth-order valence-electron chi connectivity index (χ4n) is 3.15. The highest BCUT2D eigenvalue weighted by molar-refractivity contribution is 5.91. The molecule has 0 spiro atoms. The van der Waals surface area contributed by atoms with Gasteiger partial charge in [0, 0.05) is 23.4 Å². The van der Waals surface area contributed by atoms with Gasteiger partial charge in [-0.2, -0.15) is 5.10 Å². The van der Waals surface area contributed by atoms with Crippen LogP contribution in [0.5, 0.6) is 0 Å². The molecule has 6 heteroatoms. The highest BCUT2D eigenvalue weighted by atomic mass is 16.2. The van der Waals surface area contributed by atoms with Crippen molar-refractivity contribution in [1.82, 2.24) is 20.1 Å². The average molecular weight is 335 g/mol. The van der Waals surface area contributed by atoms with Crippen molar-refractivity contribution in [1.29, 1.82) is 0 Å². The van der Waals surface area contributed by atoms with E-state index in [1.54, 1.807) is 12.4 Å². The highest BCUT2D eigenvalue weighted by Crippen LogP contribution is 2.40. The van der Waals surface area contributed by atoms with Crippen LogP contribution in [0.2, 0.25) is 0 Å². The molecule has 128 valence electrons. The number of pyridine rings is 1. The van der Waals surface area contributed by atoms with Crippen molar-refractivity contribution in [3.63, 3.8) is 0 Å². The van der Waals surface area contributed by atoms with Crippen LogP contribution in [-0.4, -0.2) is 26.8 Å². The van der Waals surface area contributed by atoms with Gasteiger partial charge < -0.3 is 10.6 Å². The average Bonchev–Trinajstić information content (AvgIpc) is 3.22. The Labute approximate surface area is 146 Å². The smallest absolute Gasteiger partial charge is 0.319 e. The largest absolute Gasteiger partial charge is 0.334 e. The summed E-state index contributed by atoms with van der Waals surface area (Å²) in [6.07, 6.45) is 4.43. The van der Waals surface area contributed by atoms with E-state index in [0.29, 0.717) is 11.6 Å². The van der Waals surface area contributed by atoms with E-state index in [4.69, 9.17) is 0 Å². The summed E-state index contributed by atoms with van der Waals surface area (Å²) in [5.74, 6) is 0.414. The minimum absolute atomic E-state index is 0.194. The summed E-state index contributed by atoms with van der Waals surface area (Å²) in [6, 6.07) is 12.4. The number of rotatable bonds is 4. The van der Waals surface area contributed by atoms with Gasteiger partial charge in [-0.3, -0.25) is 0 Å². The number of amides is 2. The lowest BCUT2D eigenvalue weighted by molar-refractivity contribution is 0.251. The van der Waals surface area contributed by atoms with Crippen LogP contribution in [0.25, 0.3) is 11.0 Å². The number of urea groups is 1. The number of carbonyl (C=O) groups is 1. The first-order chi connectivity index (χ1) is 12.1. The second-order valence-electron chi connectivity index (χ2n) is 6.78. The maximum atomic E-state index is 12.2. The molecule has 0 bridgehead atoms. The predicted molar refractivity (Wildman–Crippen MR) is 97.7 cm³/mol. The van der Waals surface area contributed by atoms with Crippen molar-refractivity contribution in [3.05, 3.63) is 54.4 Å².